The van der Waals surface area contributed by atoms with Crippen molar-refractivity contribution in [2.75, 3.05) is 6.61 Å². The van der Waals surface area contributed by atoms with Crippen LogP contribution < -0.4 is 10.2 Å². The minimum absolute atomic E-state index is 0.112. The molecule has 4 nitrogen and oxygen atoms in total. The number of nitrogens with zero attached hydrogens (tertiary/aromatic N) is 1. The molecule has 0 atom stereocenters. The average molecular weight is 408 g/mol. The molecule has 0 aliphatic heterocycles. The van der Waals surface area contributed by atoms with Crippen molar-refractivity contribution < 1.29 is 9.53 Å². The Morgan fingerprint density at radius 3 is 2.92 bits per heavy atom. The predicted octanol–water partition coefficient (Wildman–Crippen LogP) is 4.34. The molecule has 1 aliphatic rings. The summed E-state index contributed by atoms with van der Waals surface area (Å²) in [7, 11) is 0. The summed E-state index contributed by atoms with van der Waals surface area (Å²) < 4.78 is 6.18. The van der Waals surface area contributed by atoms with Crippen LogP contribution in [0.3, 0.4) is 0 Å². The van der Waals surface area contributed by atoms with Crippen LogP contribution in [-0.2, 0) is 11.2 Å². The number of carbonyl (C=O) groups is 1. The van der Waals surface area contributed by atoms with Crippen LogP contribution in [0.4, 0.5) is 0 Å². The van der Waals surface area contributed by atoms with E-state index >= 15 is 0 Å². The van der Waals surface area contributed by atoms with Crippen molar-refractivity contribution in [3.63, 3.8) is 0 Å². The molecule has 6 heteroatoms. The van der Waals surface area contributed by atoms with Crippen LogP contribution >= 0.6 is 27.5 Å². The molecule has 0 saturated heterocycles. The van der Waals surface area contributed by atoms with Crippen molar-refractivity contribution in [3.05, 3.63) is 63.1 Å². The zero-order chi connectivity index (χ0) is 16.9. The summed E-state index contributed by atoms with van der Waals surface area (Å²) in [6.07, 6.45) is 2.96. The molecule has 0 bridgehead atoms. The summed E-state index contributed by atoms with van der Waals surface area (Å²) >= 11 is 9.22. The maximum atomic E-state index is 12.0. The second-order valence-electron chi connectivity index (χ2n) is 5.47. The van der Waals surface area contributed by atoms with Gasteiger partial charge in [-0.1, -0.05) is 35.9 Å². The Morgan fingerprint density at radius 2 is 2.08 bits per heavy atom. The van der Waals surface area contributed by atoms with Gasteiger partial charge < -0.3 is 4.74 Å². The van der Waals surface area contributed by atoms with Crippen molar-refractivity contribution in [1.82, 2.24) is 5.43 Å². The van der Waals surface area contributed by atoms with Gasteiger partial charge in [0.1, 0.15) is 5.75 Å². The van der Waals surface area contributed by atoms with E-state index in [-0.39, 0.29) is 12.5 Å². The van der Waals surface area contributed by atoms with Gasteiger partial charge in [-0.2, -0.15) is 5.10 Å². The summed E-state index contributed by atoms with van der Waals surface area (Å²) in [5.41, 5.74) is 5.88. The van der Waals surface area contributed by atoms with E-state index < -0.39 is 0 Å². The standard InChI is InChI=1S/C18H16BrClN2O2/c19-15-10-13(20)8-9-17(15)24-11-18(23)22-21-16-7-3-5-12-4-1-2-6-14(12)16/h1-2,4,6,8-10H,3,5,7,11H2,(H,22,23)/b21-16+. The van der Waals surface area contributed by atoms with Gasteiger partial charge in [0.05, 0.1) is 10.2 Å². The molecule has 0 aromatic heterocycles. The van der Waals surface area contributed by atoms with Gasteiger partial charge in [0, 0.05) is 10.6 Å². The zero-order valence-electron chi connectivity index (χ0n) is 12.9. The highest BCUT2D eigenvalue weighted by molar-refractivity contribution is 9.10. The fraction of sp³-hybridized carbons (Fsp3) is 0.222. The Kier molecular flexibility index (Phi) is 5.53. The number of hydrogen-bond acceptors (Lipinski definition) is 3. The van der Waals surface area contributed by atoms with Crippen molar-refractivity contribution in [2.45, 2.75) is 19.3 Å². The first-order valence-electron chi connectivity index (χ1n) is 7.65. The van der Waals surface area contributed by atoms with E-state index in [1.807, 2.05) is 18.2 Å². The molecule has 0 unspecified atom stereocenters. The van der Waals surface area contributed by atoms with Gasteiger partial charge in [-0.3, -0.25) is 4.79 Å². The van der Waals surface area contributed by atoms with E-state index in [0.29, 0.717) is 15.2 Å². The van der Waals surface area contributed by atoms with Crippen LogP contribution in [0.15, 0.2) is 52.0 Å². The minimum atomic E-state index is -0.299. The molecular formula is C18H16BrClN2O2. The van der Waals surface area contributed by atoms with Gasteiger partial charge in [-0.25, -0.2) is 5.43 Å². The fourth-order valence-electron chi connectivity index (χ4n) is 2.61. The summed E-state index contributed by atoms with van der Waals surface area (Å²) in [5, 5.41) is 4.88. The van der Waals surface area contributed by atoms with Crippen LogP contribution in [0.25, 0.3) is 0 Å². The summed E-state index contributed by atoms with van der Waals surface area (Å²) in [4.78, 5) is 12.0. The molecule has 0 heterocycles. The monoisotopic (exact) mass is 406 g/mol. The molecule has 0 saturated carbocycles. The first kappa shape index (κ1) is 17.0. The molecule has 0 fully saturated rings. The highest BCUT2D eigenvalue weighted by Gasteiger charge is 2.15. The number of rotatable bonds is 4. The summed E-state index contributed by atoms with van der Waals surface area (Å²) in [6.45, 7) is -0.112. The highest BCUT2D eigenvalue weighted by Crippen LogP contribution is 2.27. The number of ether oxygens (including phenoxy) is 1. The first-order chi connectivity index (χ1) is 11.6. The van der Waals surface area contributed by atoms with Crippen LogP contribution in [0, 0.1) is 0 Å². The predicted molar refractivity (Wildman–Crippen MR) is 98.7 cm³/mol. The third kappa shape index (κ3) is 4.16. The largest absolute Gasteiger partial charge is 0.483 e. The van der Waals surface area contributed by atoms with Gasteiger partial charge >= 0.3 is 0 Å². The summed E-state index contributed by atoms with van der Waals surface area (Å²) in [5.74, 6) is 0.262. The molecule has 1 aliphatic carbocycles. The smallest absolute Gasteiger partial charge is 0.277 e. The van der Waals surface area contributed by atoms with E-state index in [2.05, 4.69) is 32.5 Å². The van der Waals surface area contributed by atoms with Crippen molar-refractivity contribution >= 4 is 39.1 Å². The number of halogens is 2. The normalized spacial score (nSPS) is 15.0. The maximum Gasteiger partial charge on any atom is 0.277 e. The molecule has 3 rings (SSSR count). The first-order valence-corrected chi connectivity index (χ1v) is 8.82. The highest BCUT2D eigenvalue weighted by atomic mass is 79.9. The van der Waals surface area contributed by atoms with Crippen LogP contribution in [-0.4, -0.2) is 18.2 Å². The lowest BCUT2D eigenvalue weighted by atomic mass is 9.90. The van der Waals surface area contributed by atoms with E-state index in [1.54, 1.807) is 18.2 Å². The Labute approximate surface area is 154 Å². The molecule has 2 aromatic carbocycles. The average Bonchev–Trinajstić information content (AvgIpc) is 2.59. The Hall–Kier alpha value is -1.85. The zero-order valence-corrected chi connectivity index (χ0v) is 15.2. The second kappa shape index (κ2) is 7.81. The van der Waals surface area contributed by atoms with Gasteiger partial charge in [0.25, 0.3) is 5.91 Å². The number of benzene rings is 2. The van der Waals surface area contributed by atoms with Crippen LogP contribution in [0.5, 0.6) is 5.75 Å². The molecule has 1 N–H and O–H groups in total. The third-order valence-electron chi connectivity index (χ3n) is 3.76. The van der Waals surface area contributed by atoms with E-state index in [9.17, 15) is 4.79 Å². The lowest BCUT2D eigenvalue weighted by Gasteiger charge is -2.17. The van der Waals surface area contributed by atoms with Crippen LogP contribution in [0.2, 0.25) is 5.02 Å². The SMILES string of the molecule is O=C(COc1ccc(Cl)cc1Br)N/N=C1\CCCc2ccccc21. The molecular weight excluding hydrogens is 392 g/mol. The van der Waals surface area contributed by atoms with E-state index in [0.717, 1.165) is 30.5 Å². The number of hydrazone groups is 1. The summed E-state index contributed by atoms with van der Waals surface area (Å²) in [6, 6.07) is 13.3. The lowest BCUT2D eigenvalue weighted by Crippen LogP contribution is -2.27. The fourth-order valence-corrected chi connectivity index (χ4v) is 3.41. The van der Waals surface area contributed by atoms with Gasteiger partial charge in [0.2, 0.25) is 0 Å². The lowest BCUT2D eigenvalue weighted by molar-refractivity contribution is -0.123. The number of nitrogens with one attached hydrogen (secondary N) is 1. The van der Waals surface area contributed by atoms with Gasteiger partial charge in [-0.15, -0.1) is 0 Å². The number of aryl methyl sites for hydroxylation is 1. The van der Waals surface area contributed by atoms with E-state index in [4.69, 9.17) is 16.3 Å². The number of amides is 1. The van der Waals surface area contributed by atoms with Crippen LogP contribution in [0.1, 0.15) is 24.0 Å². The third-order valence-corrected chi connectivity index (χ3v) is 4.61. The van der Waals surface area contributed by atoms with Gasteiger partial charge in [0.15, 0.2) is 6.61 Å². The van der Waals surface area contributed by atoms with Crippen molar-refractivity contribution in [2.24, 2.45) is 5.10 Å². The number of hydrogen-bond donors (Lipinski definition) is 1. The Balaban J connectivity index is 1.60. The molecule has 124 valence electrons. The molecule has 2 aromatic rings. The molecule has 0 radical (unpaired) electrons. The molecule has 1 amide bonds. The molecule has 0 spiro atoms. The molecule has 24 heavy (non-hydrogen) atoms. The van der Waals surface area contributed by atoms with E-state index in [1.165, 1.54) is 5.56 Å². The Bertz CT molecular complexity index is 792. The number of carbonyl (C=O) groups excluding carboxylic acids is 1. The maximum absolute atomic E-state index is 12.0. The minimum Gasteiger partial charge on any atom is -0.483 e. The topological polar surface area (TPSA) is 50.7 Å². The van der Waals surface area contributed by atoms with Crippen molar-refractivity contribution in [3.8, 4) is 5.75 Å². The Morgan fingerprint density at radius 1 is 1.25 bits per heavy atom. The number of fused-ring (bicyclic) bond motifs is 1. The van der Waals surface area contributed by atoms with Crippen molar-refractivity contribution in [1.29, 1.82) is 0 Å². The second-order valence-corrected chi connectivity index (χ2v) is 6.76. The quantitative estimate of drug-likeness (QED) is 0.767. The van der Waals surface area contributed by atoms with Gasteiger partial charge in [-0.05, 0) is 59.0 Å².